The van der Waals surface area contributed by atoms with E-state index in [0.29, 0.717) is 18.2 Å². The Hall–Kier alpha value is -2.39. The normalized spacial score (nSPS) is 11.5. The largest absolute Gasteiger partial charge is 0.510 e. The van der Waals surface area contributed by atoms with Crippen LogP contribution < -0.4 is 5.46 Å². The Labute approximate surface area is 116 Å². The molecule has 1 aromatic carbocycles. The summed E-state index contributed by atoms with van der Waals surface area (Å²) < 4.78 is 57.0. The Morgan fingerprint density at radius 3 is 2.67 bits per heavy atom. The van der Waals surface area contributed by atoms with Gasteiger partial charge >= 0.3 is 12.9 Å². The van der Waals surface area contributed by atoms with Crippen LogP contribution in [0.4, 0.5) is 17.3 Å². The number of nitrogens with zero attached hydrogens (tertiary/aromatic N) is 2. The fraction of sp³-hybridized carbons (Fsp3) is 0.182. The quantitative estimate of drug-likeness (QED) is 0.531. The molecule has 5 nitrogen and oxygen atoms in total. The molecule has 2 aromatic rings. The van der Waals surface area contributed by atoms with Gasteiger partial charge in [-0.1, -0.05) is 11.5 Å². The topological polar surface area (TPSA) is 67.9 Å². The van der Waals surface area contributed by atoms with Crippen molar-refractivity contribution in [1.29, 1.82) is 0 Å². The molecule has 21 heavy (non-hydrogen) atoms. The minimum Gasteiger partial charge on any atom is -0.461 e. The lowest BCUT2D eigenvalue weighted by atomic mass is 9.76. The summed E-state index contributed by atoms with van der Waals surface area (Å²) in [6.45, 7) is -3.86. The van der Waals surface area contributed by atoms with Crippen LogP contribution in [0.5, 0.6) is 0 Å². The molecule has 0 saturated heterocycles. The summed E-state index contributed by atoms with van der Waals surface area (Å²) in [6, 6.07) is 1.96. The molecule has 0 fully saturated rings. The second kappa shape index (κ2) is 5.54. The number of aromatic amines is 1. The Kier molecular flexibility index (Phi) is 3.96. The number of carbonyl (C=O) groups is 1. The van der Waals surface area contributed by atoms with Crippen molar-refractivity contribution in [2.24, 2.45) is 0 Å². The molecule has 1 heterocycles. The molecule has 0 saturated carbocycles. The highest BCUT2D eigenvalue weighted by molar-refractivity contribution is 6.75. The molecule has 0 unspecified atom stereocenters. The SMILES string of the molecule is CCOC(=O)c1n[nH]nc1-c1cc(F)ccc1[B-](F)(F)F. The standard InChI is InChI=1S/C11H9BF4N3O2/c1-2-21-11(20)10-9(17-19-18-10)7-5-6(13)3-4-8(7)12(14,15)16/h3-5H,2H2,1H3,(H,17,18,19)/q-1. The summed E-state index contributed by atoms with van der Waals surface area (Å²) in [6.07, 6.45) is 0. The summed E-state index contributed by atoms with van der Waals surface area (Å²) in [5.41, 5.74) is -2.44. The zero-order valence-corrected chi connectivity index (χ0v) is 10.7. The van der Waals surface area contributed by atoms with Crippen LogP contribution in [0.2, 0.25) is 0 Å². The molecule has 0 aliphatic carbocycles. The molecule has 0 aliphatic heterocycles. The molecule has 0 amide bonds. The number of aromatic nitrogens is 3. The molecule has 0 bridgehead atoms. The monoisotopic (exact) mass is 302 g/mol. The summed E-state index contributed by atoms with van der Waals surface area (Å²) in [4.78, 5) is 11.6. The number of benzene rings is 1. The fourth-order valence-corrected chi connectivity index (χ4v) is 1.78. The van der Waals surface area contributed by atoms with E-state index < -0.39 is 41.2 Å². The van der Waals surface area contributed by atoms with Gasteiger partial charge in [0.2, 0.25) is 0 Å². The number of carbonyl (C=O) groups excluding carboxylic acids is 1. The maximum Gasteiger partial charge on any atom is 0.510 e. The lowest BCUT2D eigenvalue weighted by Crippen LogP contribution is -2.36. The van der Waals surface area contributed by atoms with Crippen molar-refractivity contribution in [1.82, 2.24) is 15.4 Å². The number of halogens is 4. The van der Waals surface area contributed by atoms with Crippen LogP contribution in [0, 0.1) is 5.82 Å². The Morgan fingerprint density at radius 2 is 2.05 bits per heavy atom. The van der Waals surface area contributed by atoms with Crippen LogP contribution in [-0.2, 0) is 4.74 Å². The Morgan fingerprint density at radius 1 is 1.33 bits per heavy atom. The number of H-pyrrole nitrogens is 1. The van der Waals surface area contributed by atoms with E-state index in [0.717, 1.165) is 0 Å². The molecule has 1 aromatic heterocycles. The second-order valence-corrected chi connectivity index (χ2v) is 4.05. The molecule has 0 atom stereocenters. The molecule has 1 N–H and O–H groups in total. The van der Waals surface area contributed by atoms with Gasteiger partial charge < -0.3 is 17.7 Å². The van der Waals surface area contributed by atoms with Crippen LogP contribution in [0.15, 0.2) is 18.2 Å². The molecular weight excluding hydrogens is 293 g/mol. The Balaban J connectivity index is 2.60. The third-order valence-electron chi connectivity index (χ3n) is 2.64. The predicted octanol–water partition coefficient (Wildman–Crippen LogP) is 1.84. The summed E-state index contributed by atoms with van der Waals surface area (Å²) in [5, 5.41) is 9.03. The van der Waals surface area contributed by atoms with E-state index in [2.05, 4.69) is 20.1 Å². The van der Waals surface area contributed by atoms with E-state index in [1.807, 2.05) is 0 Å². The highest BCUT2D eigenvalue weighted by Crippen LogP contribution is 2.24. The first-order valence-corrected chi connectivity index (χ1v) is 5.92. The van der Waals surface area contributed by atoms with E-state index >= 15 is 0 Å². The summed E-state index contributed by atoms with van der Waals surface area (Å²) >= 11 is 0. The minimum atomic E-state index is -5.41. The molecular formula is C11H9BF4N3O2-. The lowest BCUT2D eigenvalue weighted by Gasteiger charge is -2.18. The average Bonchev–Trinajstić information content (AvgIpc) is 2.86. The van der Waals surface area contributed by atoms with Gasteiger partial charge in [0, 0.05) is 0 Å². The van der Waals surface area contributed by atoms with Crippen molar-refractivity contribution < 1.29 is 26.9 Å². The van der Waals surface area contributed by atoms with Gasteiger partial charge in [-0.15, -0.1) is 5.10 Å². The van der Waals surface area contributed by atoms with Gasteiger partial charge in [0.1, 0.15) is 11.5 Å². The number of rotatable bonds is 4. The van der Waals surface area contributed by atoms with Crippen molar-refractivity contribution in [2.45, 2.75) is 6.92 Å². The maximum absolute atomic E-state index is 13.3. The van der Waals surface area contributed by atoms with Crippen molar-refractivity contribution in [3.8, 4) is 11.3 Å². The highest BCUT2D eigenvalue weighted by Gasteiger charge is 2.31. The number of ether oxygens (including phenoxy) is 1. The predicted molar refractivity (Wildman–Crippen MR) is 66.4 cm³/mol. The zero-order chi connectivity index (χ0) is 15.6. The van der Waals surface area contributed by atoms with E-state index in [4.69, 9.17) is 0 Å². The first-order valence-electron chi connectivity index (χ1n) is 5.92. The van der Waals surface area contributed by atoms with Crippen LogP contribution in [0.25, 0.3) is 11.3 Å². The summed E-state index contributed by atoms with van der Waals surface area (Å²) in [7, 11) is 0. The third kappa shape index (κ3) is 3.04. The number of nitrogens with one attached hydrogen (secondary N) is 1. The fourth-order valence-electron chi connectivity index (χ4n) is 1.78. The number of esters is 1. The molecule has 0 radical (unpaired) electrons. The smallest absolute Gasteiger partial charge is 0.461 e. The van der Waals surface area contributed by atoms with E-state index in [9.17, 15) is 22.1 Å². The Bertz CT molecular complexity index is 672. The van der Waals surface area contributed by atoms with E-state index in [1.165, 1.54) is 6.92 Å². The number of hydrogen-bond acceptors (Lipinski definition) is 4. The van der Waals surface area contributed by atoms with Crippen molar-refractivity contribution in [2.75, 3.05) is 6.61 Å². The molecule has 0 aliphatic rings. The van der Waals surface area contributed by atoms with Gasteiger partial charge in [-0.05, 0) is 24.6 Å². The van der Waals surface area contributed by atoms with Crippen LogP contribution in [0.3, 0.4) is 0 Å². The van der Waals surface area contributed by atoms with Crippen molar-refractivity contribution in [3.63, 3.8) is 0 Å². The van der Waals surface area contributed by atoms with Crippen LogP contribution in [-0.4, -0.2) is 35.0 Å². The maximum atomic E-state index is 13.3. The van der Waals surface area contributed by atoms with Gasteiger partial charge in [0.25, 0.3) is 0 Å². The lowest BCUT2D eigenvalue weighted by molar-refractivity contribution is 0.0520. The van der Waals surface area contributed by atoms with Gasteiger partial charge in [-0.3, -0.25) is 0 Å². The van der Waals surface area contributed by atoms with Crippen molar-refractivity contribution >= 4 is 18.4 Å². The molecule has 112 valence electrons. The second-order valence-electron chi connectivity index (χ2n) is 4.05. The van der Waals surface area contributed by atoms with Crippen molar-refractivity contribution in [3.05, 3.63) is 29.7 Å². The van der Waals surface area contributed by atoms with Crippen LogP contribution in [0.1, 0.15) is 17.4 Å². The summed E-state index contributed by atoms with van der Waals surface area (Å²) in [5.74, 6) is -1.82. The minimum absolute atomic E-state index is 0.0182. The highest BCUT2D eigenvalue weighted by atomic mass is 19.4. The van der Waals surface area contributed by atoms with Gasteiger partial charge in [0.05, 0.1) is 6.61 Å². The van der Waals surface area contributed by atoms with Gasteiger partial charge in [-0.2, -0.15) is 10.3 Å². The van der Waals surface area contributed by atoms with Gasteiger partial charge in [0.15, 0.2) is 5.69 Å². The first kappa shape index (κ1) is 15.0. The number of hydrogen-bond donors (Lipinski definition) is 1. The first-order chi connectivity index (χ1) is 9.84. The van der Waals surface area contributed by atoms with E-state index in [1.54, 1.807) is 0 Å². The molecule has 2 rings (SSSR count). The van der Waals surface area contributed by atoms with E-state index in [-0.39, 0.29) is 6.61 Å². The van der Waals surface area contributed by atoms with Gasteiger partial charge in [-0.25, -0.2) is 9.18 Å². The molecule has 0 spiro atoms. The van der Waals surface area contributed by atoms with Crippen LogP contribution >= 0.6 is 0 Å². The third-order valence-corrected chi connectivity index (χ3v) is 2.64. The average molecular weight is 302 g/mol. The molecule has 10 heteroatoms. The zero-order valence-electron chi connectivity index (χ0n) is 10.7.